The molecule has 0 saturated carbocycles. The molecule has 0 saturated heterocycles. The van der Waals surface area contributed by atoms with Gasteiger partial charge in [0.1, 0.15) is 11.4 Å². The molecule has 6 rings (SSSR count). The van der Waals surface area contributed by atoms with E-state index in [0.29, 0.717) is 41.3 Å². The van der Waals surface area contributed by atoms with E-state index in [2.05, 4.69) is 39.4 Å². The molecule has 3 aromatic heterocycles. The van der Waals surface area contributed by atoms with Crippen LogP contribution in [0.2, 0.25) is 0 Å². The van der Waals surface area contributed by atoms with Crippen LogP contribution in [0, 0.1) is 5.82 Å². The number of rotatable bonds is 4. The number of pyridine rings is 1. The van der Waals surface area contributed by atoms with E-state index >= 15 is 0 Å². The molecule has 0 fully saturated rings. The summed E-state index contributed by atoms with van der Waals surface area (Å²) < 4.78 is 16.4. The Labute approximate surface area is 197 Å². The second kappa shape index (κ2) is 7.85. The van der Waals surface area contributed by atoms with Gasteiger partial charge in [0.05, 0.1) is 11.1 Å². The Morgan fingerprint density at radius 2 is 1.97 bits per heavy atom. The van der Waals surface area contributed by atoms with Gasteiger partial charge in [-0.1, -0.05) is 19.1 Å². The number of likely N-dealkylation sites (N-methyl/N-ethyl adjacent to an activating group) is 1. The smallest absolute Gasteiger partial charge is 0.229 e. The van der Waals surface area contributed by atoms with Gasteiger partial charge in [0.25, 0.3) is 0 Å². The lowest BCUT2D eigenvalue weighted by molar-refractivity contribution is 0.0306. The maximum absolute atomic E-state index is 14.8. The second-order valence-corrected chi connectivity index (χ2v) is 9.44. The van der Waals surface area contributed by atoms with Gasteiger partial charge in [-0.2, -0.15) is 4.98 Å². The van der Waals surface area contributed by atoms with Crippen molar-refractivity contribution in [1.82, 2.24) is 24.4 Å². The maximum Gasteiger partial charge on any atom is 0.229 e. The lowest BCUT2D eigenvalue weighted by atomic mass is 9.98. The fourth-order valence-electron chi connectivity index (χ4n) is 5.13. The van der Waals surface area contributed by atoms with Gasteiger partial charge in [-0.05, 0) is 67.6 Å². The molecule has 4 aromatic rings. The molecule has 1 atom stereocenters. The zero-order valence-electron chi connectivity index (χ0n) is 19.3. The lowest BCUT2D eigenvalue weighted by Gasteiger charge is -2.25. The number of aryl methyl sites for hydroxylation is 1. The molecular formula is C26H27FN6O. The summed E-state index contributed by atoms with van der Waals surface area (Å²) in [7, 11) is 2.12. The van der Waals surface area contributed by atoms with Crippen LogP contribution in [0.15, 0.2) is 42.7 Å². The molecule has 0 amide bonds. The van der Waals surface area contributed by atoms with Crippen molar-refractivity contribution in [2.24, 2.45) is 0 Å². The van der Waals surface area contributed by atoms with Crippen LogP contribution in [0.3, 0.4) is 0 Å². The van der Waals surface area contributed by atoms with Crippen LogP contribution >= 0.6 is 0 Å². The lowest BCUT2D eigenvalue weighted by Crippen LogP contribution is -2.26. The van der Waals surface area contributed by atoms with Gasteiger partial charge < -0.3 is 15.3 Å². The molecule has 1 aliphatic carbocycles. The normalized spacial score (nSPS) is 19.9. The molecule has 1 aromatic carbocycles. The zero-order chi connectivity index (χ0) is 23.4. The highest BCUT2D eigenvalue weighted by molar-refractivity contribution is 5.79. The number of aliphatic hydroxyl groups is 1. The highest BCUT2D eigenvalue weighted by atomic mass is 19.1. The quantitative estimate of drug-likeness (QED) is 0.477. The largest absolute Gasteiger partial charge is 0.384 e. The van der Waals surface area contributed by atoms with Gasteiger partial charge >= 0.3 is 0 Å². The van der Waals surface area contributed by atoms with E-state index in [9.17, 15) is 9.50 Å². The highest BCUT2D eigenvalue weighted by Gasteiger charge is 2.37. The Bertz CT molecular complexity index is 1420. The molecule has 2 aliphatic rings. The number of anilines is 2. The van der Waals surface area contributed by atoms with E-state index in [-0.39, 0.29) is 0 Å². The number of hydrogen-bond donors (Lipinski definition) is 2. The van der Waals surface area contributed by atoms with Crippen molar-refractivity contribution in [1.29, 1.82) is 0 Å². The van der Waals surface area contributed by atoms with E-state index in [1.807, 2.05) is 25.1 Å². The van der Waals surface area contributed by atoms with Crippen LogP contribution in [0.5, 0.6) is 0 Å². The minimum Gasteiger partial charge on any atom is -0.384 e. The van der Waals surface area contributed by atoms with Gasteiger partial charge in [-0.15, -0.1) is 0 Å². The number of hydrogen-bond acceptors (Lipinski definition) is 6. The van der Waals surface area contributed by atoms with E-state index in [4.69, 9.17) is 4.98 Å². The summed E-state index contributed by atoms with van der Waals surface area (Å²) >= 11 is 0. The van der Waals surface area contributed by atoms with E-state index < -0.39 is 11.4 Å². The molecule has 2 N–H and O–H groups in total. The molecule has 4 heterocycles. The summed E-state index contributed by atoms with van der Waals surface area (Å²) in [6.07, 6.45) is 5.96. The van der Waals surface area contributed by atoms with E-state index in [1.165, 1.54) is 23.5 Å². The molecule has 34 heavy (non-hydrogen) atoms. The molecule has 0 spiro atoms. The Morgan fingerprint density at radius 1 is 1.12 bits per heavy atom. The molecule has 0 bridgehead atoms. The fraction of sp³-hybridized carbons (Fsp3) is 0.346. The highest BCUT2D eigenvalue weighted by Crippen LogP contribution is 2.38. The third-order valence-corrected chi connectivity index (χ3v) is 7.21. The van der Waals surface area contributed by atoms with Crippen LogP contribution < -0.4 is 5.32 Å². The Kier molecular flexibility index (Phi) is 4.89. The average molecular weight is 459 g/mol. The summed E-state index contributed by atoms with van der Waals surface area (Å²) in [6, 6.07) is 10.1. The SMILES string of the molecule is CC[C@]1(O)CCc2ccc(-n3cc(F)c4cnc(Nc5ccc6c(c5)CN(C)CC6)nc43)nc21. The van der Waals surface area contributed by atoms with Crippen molar-refractivity contribution < 1.29 is 9.50 Å². The van der Waals surface area contributed by atoms with Crippen LogP contribution in [0.25, 0.3) is 16.9 Å². The number of nitrogens with zero attached hydrogens (tertiary/aromatic N) is 5. The minimum absolute atomic E-state index is 0.325. The molecule has 1 aliphatic heterocycles. The Morgan fingerprint density at radius 3 is 2.82 bits per heavy atom. The van der Waals surface area contributed by atoms with Crippen molar-refractivity contribution in [2.75, 3.05) is 18.9 Å². The van der Waals surface area contributed by atoms with Gasteiger partial charge in [0.2, 0.25) is 5.95 Å². The molecular weight excluding hydrogens is 431 g/mol. The molecule has 0 radical (unpaired) electrons. The summed E-state index contributed by atoms with van der Waals surface area (Å²) in [5, 5.41) is 14.6. The zero-order valence-corrected chi connectivity index (χ0v) is 19.3. The number of fused-ring (bicyclic) bond motifs is 3. The standard InChI is InChI=1S/C26H27FN6O/c1-3-26(34)10-8-17-5-7-22(30-23(17)26)33-15-21(27)20-13-28-25(31-24(20)33)29-19-6-4-16-9-11-32(2)14-18(16)12-19/h4-7,12-13,15,34H,3,8-11,14H2,1-2H3,(H,28,29,31)/t26-/m0/s1. The summed E-state index contributed by atoms with van der Waals surface area (Å²) in [5.41, 5.74) is 4.77. The van der Waals surface area contributed by atoms with Crippen LogP contribution in [0.4, 0.5) is 16.0 Å². The van der Waals surface area contributed by atoms with Crippen molar-refractivity contribution in [3.05, 3.63) is 70.9 Å². The first-order valence-electron chi connectivity index (χ1n) is 11.8. The summed E-state index contributed by atoms with van der Waals surface area (Å²) in [5.74, 6) is 0.511. The number of aromatic nitrogens is 4. The van der Waals surface area contributed by atoms with Crippen molar-refractivity contribution in [2.45, 2.75) is 44.8 Å². The van der Waals surface area contributed by atoms with Crippen LogP contribution in [-0.2, 0) is 25.0 Å². The fourth-order valence-corrected chi connectivity index (χ4v) is 5.13. The molecule has 7 nitrogen and oxygen atoms in total. The monoisotopic (exact) mass is 458 g/mol. The van der Waals surface area contributed by atoms with Gasteiger partial charge in [0, 0.05) is 31.2 Å². The van der Waals surface area contributed by atoms with Crippen LogP contribution in [-0.4, -0.2) is 43.1 Å². The van der Waals surface area contributed by atoms with Gasteiger partial charge in [-0.3, -0.25) is 4.57 Å². The molecule has 0 unspecified atom stereocenters. The summed E-state index contributed by atoms with van der Waals surface area (Å²) in [6.45, 7) is 3.93. The topological polar surface area (TPSA) is 79.1 Å². The predicted molar refractivity (Wildman–Crippen MR) is 129 cm³/mol. The van der Waals surface area contributed by atoms with E-state index in [0.717, 1.165) is 37.2 Å². The minimum atomic E-state index is -0.935. The maximum atomic E-state index is 14.8. The molecule has 8 heteroatoms. The van der Waals surface area contributed by atoms with E-state index in [1.54, 1.807) is 4.57 Å². The van der Waals surface area contributed by atoms with Crippen LogP contribution in [0.1, 0.15) is 42.1 Å². The number of halogens is 1. The predicted octanol–water partition coefficient (Wildman–Crippen LogP) is 4.23. The Balaban J connectivity index is 1.37. The first-order chi connectivity index (χ1) is 16.4. The van der Waals surface area contributed by atoms with Crippen molar-refractivity contribution >= 4 is 22.7 Å². The average Bonchev–Trinajstić information content (AvgIpc) is 3.35. The first kappa shape index (κ1) is 21.2. The number of benzene rings is 1. The van der Waals surface area contributed by atoms with Crippen molar-refractivity contribution in [3.8, 4) is 5.82 Å². The third-order valence-electron chi connectivity index (χ3n) is 7.21. The molecule has 174 valence electrons. The third kappa shape index (κ3) is 3.45. The van der Waals surface area contributed by atoms with Crippen molar-refractivity contribution in [3.63, 3.8) is 0 Å². The Hall–Kier alpha value is -3.36. The van der Waals surface area contributed by atoms with Gasteiger partial charge in [-0.25, -0.2) is 14.4 Å². The first-order valence-corrected chi connectivity index (χ1v) is 11.8. The number of nitrogens with one attached hydrogen (secondary N) is 1. The van der Waals surface area contributed by atoms with Gasteiger partial charge in [0.15, 0.2) is 11.5 Å². The second-order valence-electron chi connectivity index (χ2n) is 9.44. The summed E-state index contributed by atoms with van der Waals surface area (Å²) in [4.78, 5) is 16.0.